The second-order valence-electron chi connectivity index (χ2n) is 6.91. The summed E-state index contributed by atoms with van der Waals surface area (Å²) < 4.78 is 5.33. The van der Waals surface area contributed by atoms with Crippen molar-refractivity contribution in [3.05, 3.63) is 65.2 Å². The summed E-state index contributed by atoms with van der Waals surface area (Å²) in [6.45, 7) is 4.06. The molecule has 0 bridgehead atoms. The highest BCUT2D eigenvalue weighted by molar-refractivity contribution is 5.97. The molecule has 3 rings (SSSR count). The molecular formula is C21H24N2O4. The van der Waals surface area contributed by atoms with Gasteiger partial charge in [-0.15, -0.1) is 0 Å². The van der Waals surface area contributed by atoms with Crippen LogP contribution in [0.15, 0.2) is 48.5 Å². The normalized spacial score (nSPS) is 19.0. The van der Waals surface area contributed by atoms with Crippen LogP contribution in [0.5, 0.6) is 0 Å². The summed E-state index contributed by atoms with van der Waals surface area (Å²) in [4.78, 5) is 26.5. The Balaban J connectivity index is 1.66. The number of benzene rings is 2. The van der Waals surface area contributed by atoms with Crippen molar-refractivity contribution < 1.29 is 19.4 Å². The topological polar surface area (TPSA) is 78.9 Å². The van der Waals surface area contributed by atoms with Crippen molar-refractivity contribution >= 4 is 17.7 Å². The van der Waals surface area contributed by atoms with E-state index in [1.54, 1.807) is 0 Å². The Kier molecular flexibility index (Phi) is 5.76. The Morgan fingerprint density at radius 1 is 1.19 bits per heavy atom. The molecule has 1 saturated heterocycles. The number of ether oxygens (including phenoxy) is 1. The zero-order chi connectivity index (χ0) is 19.4. The van der Waals surface area contributed by atoms with E-state index < -0.39 is 18.2 Å². The Bertz CT molecular complexity index is 822. The molecule has 27 heavy (non-hydrogen) atoms. The molecule has 1 fully saturated rings. The quantitative estimate of drug-likeness (QED) is 0.870. The minimum absolute atomic E-state index is 0.0819. The molecule has 142 valence electrons. The number of carbonyl (C=O) groups is 2. The number of aliphatic hydroxyl groups excluding tert-OH is 1. The lowest BCUT2D eigenvalue weighted by Gasteiger charge is -2.23. The molecule has 1 aliphatic heterocycles. The SMILES string of the molecule is Cc1ccc(C)c(NC(=O)[C@@H]2C[C@H](O)CN2C(=O)OCc2ccccc2)c1. The van der Waals surface area contributed by atoms with Crippen molar-refractivity contribution in [3.63, 3.8) is 0 Å². The van der Waals surface area contributed by atoms with E-state index in [-0.39, 0.29) is 25.5 Å². The van der Waals surface area contributed by atoms with Crippen LogP contribution in [0.25, 0.3) is 0 Å². The van der Waals surface area contributed by atoms with Crippen molar-refractivity contribution in [2.45, 2.75) is 39.0 Å². The third kappa shape index (κ3) is 4.65. The number of amides is 2. The van der Waals surface area contributed by atoms with Gasteiger partial charge >= 0.3 is 6.09 Å². The maximum Gasteiger partial charge on any atom is 0.410 e. The Hall–Kier alpha value is -2.86. The first-order chi connectivity index (χ1) is 12.9. The molecule has 0 unspecified atom stereocenters. The van der Waals surface area contributed by atoms with Crippen molar-refractivity contribution in [2.24, 2.45) is 0 Å². The Morgan fingerprint density at radius 2 is 1.93 bits per heavy atom. The smallest absolute Gasteiger partial charge is 0.410 e. The molecule has 1 heterocycles. The van der Waals surface area contributed by atoms with Crippen LogP contribution in [0.4, 0.5) is 10.5 Å². The fraction of sp³-hybridized carbons (Fsp3) is 0.333. The van der Waals surface area contributed by atoms with E-state index in [0.717, 1.165) is 16.7 Å². The molecule has 0 saturated carbocycles. The molecular weight excluding hydrogens is 344 g/mol. The maximum atomic E-state index is 12.7. The number of rotatable bonds is 4. The van der Waals surface area contributed by atoms with Gasteiger partial charge in [-0.2, -0.15) is 0 Å². The van der Waals surface area contributed by atoms with Crippen molar-refractivity contribution in [1.29, 1.82) is 0 Å². The zero-order valence-electron chi connectivity index (χ0n) is 15.5. The highest BCUT2D eigenvalue weighted by Gasteiger charge is 2.40. The summed E-state index contributed by atoms with van der Waals surface area (Å²) >= 11 is 0. The predicted molar refractivity (Wildman–Crippen MR) is 102 cm³/mol. The summed E-state index contributed by atoms with van der Waals surface area (Å²) in [6, 6.07) is 14.4. The van der Waals surface area contributed by atoms with Gasteiger partial charge in [0, 0.05) is 12.1 Å². The standard InChI is InChI=1S/C21H24N2O4/c1-14-8-9-15(2)18(10-14)22-20(25)19-11-17(24)12-23(19)21(26)27-13-16-6-4-3-5-7-16/h3-10,17,19,24H,11-13H2,1-2H3,(H,22,25)/t17-,19-/m0/s1. The minimum Gasteiger partial charge on any atom is -0.445 e. The van der Waals surface area contributed by atoms with Crippen LogP contribution in [0.3, 0.4) is 0 Å². The summed E-state index contributed by atoms with van der Waals surface area (Å²) in [5.74, 6) is -0.322. The fourth-order valence-electron chi connectivity index (χ4n) is 3.15. The van der Waals surface area contributed by atoms with Crippen LogP contribution >= 0.6 is 0 Å². The molecule has 6 nitrogen and oxygen atoms in total. The van der Waals surface area contributed by atoms with Gasteiger partial charge < -0.3 is 15.2 Å². The van der Waals surface area contributed by atoms with Crippen LogP contribution in [0.2, 0.25) is 0 Å². The molecule has 0 radical (unpaired) electrons. The highest BCUT2D eigenvalue weighted by Crippen LogP contribution is 2.23. The molecule has 6 heteroatoms. The zero-order valence-corrected chi connectivity index (χ0v) is 15.5. The van der Waals surface area contributed by atoms with Gasteiger partial charge in [-0.05, 0) is 36.6 Å². The molecule has 2 aromatic rings. The van der Waals surface area contributed by atoms with Crippen molar-refractivity contribution in [3.8, 4) is 0 Å². The highest BCUT2D eigenvalue weighted by atomic mass is 16.6. The van der Waals surface area contributed by atoms with Gasteiger partial charge in [0.25, 0.3) is 0 Å². The fourth-order valence-corrected chi connectivity index (χ4v) is 3.15. The van der Waals surface area contributed by atoms with E-state index in [9.17, 15) is 14.7 Å². The molecule has 0 aliphatic carbocycles. The van der Waals surface area contributed by atoms with Crippen LogP contribution in [-0.4, -0.2) is 40.7 Å². The van der Waals surface area contributed by atoms with E-state index in [0.29, 0.717) is 5.69 Å². The van der Waals surface area contributed by atoms with Crippen LogP contribution < -0.4 is 5.32 Å². The van der Waals surface area contributed by atoms with Crippen LogP contribution in [-0.2, 0) is 16.1 Å². The van der Waals surface area contributed by atoms with Gasteiger partial charge in [0.2, 0.25) is 5.91 Å². The summed E-state index contributed by atoms with van der Waals surface area (Å²) in [7, 11) is 0. The van der Waals surface area contributed by atoms with Gasteiger partial charge in [0.15, 0.2) is 0 Å². The monoisotopic (exact) mass is 368 g/mol. The first-order valence-corrected chi connectivity index (χ1v) is 8.97. The predicted octanol–water partition coefficient (Wildman–Crippen LogP) is 3.01. The van der Waals surface area contributed by atoms with Gasteiger partial charge in [0.05, 0.1) is 12.6 Å². The Morgan fingerprint density at radius 3 is 2.67 bits per heavy atom. The number of aryl methyl sites for hydroxylation is 2. The second-order valence-corrected chi connectivity index (χ2v) is 6.91. The maximum absolute atomic E-state index is 12.7. The van der Waals surface area contributed by atoms with Crippen LogP contribution in [0.1, 0.15) is 23.1 Å². The molecule has 2 amide bonds. The lowest BCUT2D eigenvalue weighted by atomic mass is 10.1. The van der Waals surface area contributed by atoms with Crippen LogP contribution in [0, 0.1) is 13.8 Å². The number of likely N-dealkylation sites (tertiary alicyclic amines) is 1. The molecule has 2 atom stereocenters. The third-order valence-corrected chi connectivity index (χ3v) is 4.67. The number of hydrogen-bond donors (Lipinski definition) is 2. The molecule has 2 aromatic carbocycles. The molecule has 2 N–H and O–H groups in total. The lowest BCUT2D eigenvalue weighted by molar-refractivity contribution is -0.120. The number of nitrogens with zero attached hydrogens (tertiary/aromatic N) is 1. The number of carbonyl (C=O) groups excluding carboxylic acids is 2. The lowest BCUT2D eigenvalue weighted by Crippen LogP contribution is -2.43. The van der Waals surface area contributed by atoms with Gasteiger partial charge in [0.1, 0.15) is 12.6 Å². The van der Waals surface area contributed by atoms with E-state index >= 15 is 0 Å². The first-order valence-electron chi connectivity index (χ1n) is 8.97. The van der Waals surface area contributed by atoms with Gasteiger partial charge in [-0.1, -0.05) is 42.5 Å². The number of aliphatic hydroxyl groups is 1. The summed E-state index contributed by atoms with van der Waals surface area (Å²) in [5.41, 5.74) is 3.54. The third-order valence-electron chi connectivity index (χ3n) is 4.67. The summed E-state index contributed by atoms with van der Waals surface area (Å²) in [6.07, 6.45) is -1.16. The molecule has 0 spiro atoms. The van der Waals surface area contributed by atoms with Crippen molar-refractivity contribution in [1.82, 2.24) is 4.90 Å². The number of β-amino-alcohol motifs (C(OH)–C–C–N with tert-alkyl or cyclic N) is 1. The molecule has 1 aliphatic rings. The number of hydrogen-bond acceptors (Lipinski definition) is 4. The van der Waals surface area contributed by atoms with Gasteiger partial charge in [-0.3, -0.25) is 9.69 Å². The number of nitrogens with one attached hydrogen (secondary N) is 1. The van der Waals surface area contributed by atoms with E-state index in [1.165, 1.54) is 4.90 Å². The summed E-state index contributed by atoms with van der Waals surface area (Å²) in [5, 5.41) is 12.9. The average molecular weight is 368 g/mol. The van der Waals surface area contributed by atoms with Crippen molar-refractivity contribution in [2.75, 3.05) is 11.9 Å². The number of anilines is 1. The van der Waals surface area contributed by atoms with E-state index in [2.05, 4.69) is 5.32 Å². The minimum atomic E-state index is -0.761. The van der Waals surface area contributed by atoms with E-state index in [4.69, 9.17) is 4.74 Å². The average Bonchev–Trinajstić information content (AvgIpc) is 3.05. The first kappa shape index (κ1) is 18.9. The molecule has 0 aromatic heterocycles. The Labute approximate surface area is 158 Å². The second kappa shape index (κ2) is 8.22. The van der Waals surface area contributed by atoms with Gasteiger partial charge in [-0.25, -0.2) is 4.79 Å². The van der Waals surface area contributed by atoms with E-state index in [1.807, 2.05) is 62.4 Å². The largest absolute Gasteiger partial charge is 0.445 e.